The van der Waals surface area contributed by atoms with Crippen LogP contribution >= 0.6 is 0 Å². The Bertz CT molecular complexity index is 906. The van der Waals surface area contributed by atoms with Crippen LogP contribution in [0.15, 0.2) is 66.0 Å². The summed E-state index contributed by atoms with van der Waals surface area (Å²) in [5.41, 5.74) is 0.448. The van der Waals surface area contributed by atoms with Gasteiger partial charge in [0.2, 0.25) is 0 Å². The maximum atomic E-state index is 12.4. The zero-order valence-corrected chi connectivity index (χ0v) is 13.8. The molecule has 0 bridgehead atoms. The van der Waals surface area contributed by atoms with Gasteiger partial charge < -0.3 is 4.74 Å². The van der Waals surface area contributed by atoms with E-state index in [0.717, 1.165) is 0 Å². The highest BCUT2D eigenvalue weighted by atomic mass is 32.2. The van der Waals surface area contributed by atoms with Crippen LogP contribution in [-0.4, -0.2) is 29.8 Å². The minimum atomic E-state index is -3.73. The van der Waals surface area contributed by atoms with Gasteiger partial charge in [-0.3, -0.25) is 4.72 Å². The van der Waals surface area contributed by atoms with Crippen LogP contribution in [0.4, 0.5) is 5.69 Å². The lowest BCUT2D eigenvalue weighted by Crippen LogP contribution is -2.12. The van der Waals surface area contributed by atoms with E-state index in [-0.39, 0.29) is 4.90 Å². The topological polar surface area (TPSA) is 86.1 Å². The second kappa shape index (κ2) is 6.71. The van der Waals surface area contributed by atoms with Gasteiger partial charge in [-0.15, -0.1) is 0 Å². The summed E-state index contributed by atoms with van der Waals surface area (Å²) >= 11 is 0. The number of pyridine rings is 1. The van der Waals surface area contributed by atoms with Gasteiger partial charge >= 0.3 is 0 Å². The average Bonchev–Trinajstić information content (AvgIpc) is 3.09. The predicted molar refractivity (Wildman–Crippen MR) is 89.8 cm³/mol. The predicted octanol–water partition coefficient (Wildman–Crippen LogP) is 2.47. The zero-order chi connectivity index (χ0) is 17.0. The highest BCUT2D eigenvalue weighted by molar-refractivity contribution is 7.92. The number of nitrogens with one attached hydrogen (secondary N) is 1. The van der Waals surface area contributed by atoms with E-state index in [1.54, 1.807) is 48.7 Å². The Kier molecular flexibility index (Phi) is 4.48. The summed E-state index contributed by atoms with van der Waals surface area (Å²) in [5, 5.41) is 4.05. The lowest BCUT2D eigenvalue weighted by Gasteiger charge is -2.07. The molecule has 0 radical (unpaired) electrons. The van der Waals surface area contributed by atoms with Crippen molar-refractivity contribution in [3.63, 3.8) is 0 Å². The largest absolute Gasteiger partial charge is 0.494 e. The molecule has 0 atom stereocenters. The summed E-state index contributed by atoms with van der Waals surface area (Å²) in [7, 11) is -3.73. The fourth-order valence-electron chi connectivity index (χ4n) is 2.06. The molecule has 0 spiro atoms. The van der Waals surface area contributed by atoms with Gasteiger partial charge in [0.15, 0.2) is 5.82 Å². The number of sulfonamides is 1. The normalized spacial score (nSPS) is 11.2. The smallest absolute Gasteiger partial charge is 0.265 e. The van der Waals surface area contributed by atoms with Crippen molar-refractivity contribution in [1.29, 1.82) is 0 Å². The SMILES string of the molecule is CCOc1ccc(NS(=O)(=O)c2cnn(-c3ccccn3)c2)cc1. The summed E-state index contributed by atoms with van der Waals surface area (Å²) < 4.78 is 34.1. The van der Waals surface area contributed by atoms with Crippen molar-refractivity contribution in [2.24, 2.45) is 0 Å². The summed E-state index contributed by atoms with van der Waals surface area (Å²) in [4.78, 5) is 4.18. The van der Waals surface area contributed by atoms with E-state index in [4.69, 9.17) is 4.74 Å². The van der Waals surface area contributed by atoms with Crippen molar-refractivity contribution in [2.75, 3.05) is 11.3 Å². The molecular weight excluding hydrogens is 328 g/mol. The molecule has 3 rings (SSSR count). The standard InChI is InChI=1S/C16H16N4O3S/c1-2-23-14-8-6-13(7-9-14)19-24(21,22)15-11-18-20(12-15)16-5-3-4-10-17-16/h3-12,19H,2H2,1H3. The van der Waals surface area contributed by atoms with Crippen LogP contribution in [0.1, 0.15) is 6.92 Å². The molecule has 0 aliphatic heterocycles. The van der Waals surface area contributed by atoms with Gasteiger partial charge in [0.05, 0.1) is 19.0 Å². The Labute approximate surface area is 140 Å². The number of hydrogen-bond acceptors (Lipinski definition) is 5. The molecule has 2 heterocycles. The molecule has 2 aromatic heterocycles. The fourth-order valence-corrected chi connectivity index (χ4v) is 3.05. The summed E-state index contributed by atoms with van der Waals surface area (Å²) in [6, 6.07) is 12.0. The Balaban J connectivity index is 1.79. The number of nitrogens with zero attached hydrogens (tertiary/aromatic N) is 3. The van der Waals surface area contributed by atoms with Gasteiger partial charge in [0.25, 0.3) is 10.0 Å². The van der Waals surface area contributed by atoms with Crippen molar-refractivity contribution in [2.45, 2.75) is 11.8 Å². The van der Waals surface area contributed by atoms with E-state index in [1.807, 2.05) is 6.92 Å². The van der Waals surface area contributed by atoms with E-state index in [2.05, 4.69) is 14.8 Å². The maximum absolute atomic E-state index is 12.4. The number of benzene rings is 1. The molecule has 24 heavy (non-hydrogen) atoms. The molecule has 0 fully saturated rings. The first-order valence-electron chi connectivity index (χ1n) is 7.30. The lowest BCUT2D eigenvalue weighted by atomic mass is 10.3. The van der Waals surface area contributed by atoms with Crippen LogP contribution < -0.4 is 9.46 Å². The Morgan fingerprint density at radius 2 is 1.96 bits per heavy atom. The molecule has 0 aliphatic rings. The average molecular weight is 344 g/mol. The number of ether oxygens (including phenoxy) is 1. The molecule has 1 aromatic carbocycles. The van der Waals surface area contributed by atoms with Crippen LogP contribution in [0.25, 0.3) is 5.82 Å². The molecule has 0 saturated heterocycles. The third-order valence-corrected chi connectivity index (χ3v) is 4.51. The number of anilines is 1. The highest BCUT2D eigenvalue weighted by Gasteiger charge is 2.17. The fraction of sp³-hybridized carbons (Fsp3) is 0.125. The molecule has 0 amide bonds. The molecule has 7 nitrogen and oxygen atoms in total. The van der Waals surface area contributed by atoms with Crippen LogP contribution in [0.5, 0.6) is 5.75 Å². The maximum Gasteiger partial charge on any atom is 0.265 e. The number of aromatic nitrogens is 3. The van der Waals surface area contributed by atoms with Gasteiger partial charge in [-0.1, -0.05) is 6.07 Å². The van der Waals surface area contributed by atoms with Crippen LogP contribution in [0.3, 0.4) is 0 Å². The van der Waals surface area contributed by atoms with E-state index in [0.29, 0.717) is 23.9 Å². The van der Waals surface area contributed by atoms with Crippen molar-refractivity contribution >= 4 is 15.7 Å². The minimum Gasteiger partial charge on any atom is -0.494 e. The third-order valence-electron chi connectivity index (χ3n) is 3.17. The van der Waals surface area contributed by atoms with E-state index >= 15 is 0 Å². The van der Waals surface area contributed by atoms with E-state index in [1.165, 1.54) is 17.1 Å². The van der Waals surface area contributed by atoms with E-state index < -0.39 is 10.0 Å². The van der Waals surface area contributed by atoms with Gasteiger partial charge in [0.1, 0.15) is 10.6 Å². The van der Waals surface area contributed by atoms with Crippen molar-refractivity contribution in [3.8, 4) is 11.6 Å². The van der Waals surface area contributed by atoms with Gasteiger partial charge in [-0.25, -0.2) is 18.1 Å². The molecule has 8 heteroatoms. The molecule has 1 N–H and O–H groups in total. The Morgan fingerprint density at radius 1 is 1.17 bits per heavy atom. The van der Waals surface area contributed by atoms with Crippen LogP contribution in [0.2, 0.25) is 0 Å². The van der Waals surface area contributed by atoms with Gasteiger partial charge in [-0.05, 0) is 43.3 Å². The van der Waals surface area contributed by atoms with Gasteiger partial charge in [0, 0.05) is 11.9 Å². The summed E-state index contributed by atoms with van der Waals surface area (Å²) in [6.45, 7) is 2.44. The zero-order valence-electron chi connectivity index (χ0n) is 13.0. The molecule has 3 aromatic rings. The van der Waals surface area contributed by atoms with E-state index in [9.17, 15) is 8.42 Å². The van der Waals surface area contributed by atoms with Crippen molar-refractivity contribution in [3.05, 3.63) is 61.1 Å². The molecule has 0 saturated carbocycles. The molecule has 124 valence electrons. The number of hydrogen-bond donors (Lipinski definition) is 1. The minimum absolute atomic E-state index is 0.0574. The van der Waals surface area contributed by atoms with Gasteiger partial charge in [-0.2, -0.15) is 5.10 Å². The first kappa shape index (κ1) is 16.0. The highest BCUT2D eigenvalue weighted by Crippen LogP contribution is 2.19. The van der Waals surface area contributed by atoms with Crippen molar-refractivity contribution < 1.29 is 13.2 Å². The molecule has 0 aliphatic carbocycles. The number of rotatable bonds is 6. The van der Waals surface area contributed by atoms with Crippen molar-refractivity contribution in [1.82, 2.24) is 14.8 Å². The third kappa shape index (κ3) is 3.54. The molecule has 0 unspecified atom stereocenters. The second-order valence-corrected chi connectivity index (χ2v) is 6.55. The quantitative estimate of drug-likeness (QED) is 0.742. The Morgan fingerprint density at radius 3 is 2.62 bits per heavy atom. The monoisotopic (exact) mass is 344 g/mol. The van der Waals surface area contributed by atoms with Crippen LogP contribution in [-0.2, 0) is 10.0 Å². The Hall–Kier alpha value is -2.87. The lowest BCUT2D eigenvalue weighted by molar-refractivity contribution is 0.340. The first-order chi connectivity index (χ1) is 11.6. The summed E-state index contributed by atoms with van der Waals surface area (Å²) in [5.74, 6) is 1.23. The first-order valence-corrected chi connectivity index (χ1v) is 8.78. The summed E-state index contributed by atoms with van der Waals surface area (Å²) in [6.07, 6.45) is 4.31. The van der Waals surface area contributed by atoms with Crippen LogP contribution in [0, 0.1) is 0 Å². The second-order valence-electron chi connectivity index (χ2n) is 4.87. The molecular formula is C16H16N4O3S.